The van der Waals surface area contributed by atoms with Crippen molar-refractivity contribution in [3.05, 3.63) is 72.9 Å². The Hall–Kier alpha value is -3.15. The summed E-state index contributed by atoms with van der Waals surface area (Å²) in [4.78, 5) is 38.0. The molecule has 6 nitrogen and oxygen atoms in total. The molecule has 0 amide bonds. The van der Waals surface area contributed by atoms with Gasteiger partial charge in [0.1, 0.15) is 13.2 Å². The molecule has 0 radical (unpaired) electrons. The van der Waals surface area contributed by atoms with Gasteiger partial charge in [-0.3, -0.25) is 14.4 Å². The van der Waals surface area contributed by atoms with Crippen molar-refractivity contribution in [1.82, 2.24) is 0 Å². The van der Waals surface area contributed by atoms with Gasteiger partial charge in [0.25, 0.3) is 0 Å². The molecule has 0 spiro atoms. The zero-order valence-corrected chi connectivity index (χ0v) is 43.4. The van der Waals surface area contributed by atoms with E-state index in [4.69, 9.17) is 14.2 Å². The molecule has 0 fully saturated rings. The van der Waals surface area contributed by atoms with Crippen LogP contribution in [0.2, 0.25) is 0 Å². The van der Waals surface area contributed by atoms with E-state index in [0.717, 1.165) is 109 Å². The summed E-state index contributed by atoms with van der Waals surface area (Å²) < 4.78 is 16.8. The Labute approximate surface area is 408 Å². The minimum absolute atomic E-state index is 0.0877. The summed E-state index contributed by atoms with van der Waals surface area (Å²) in [5.74, 6) is -0.915. The predicted octanol–water partition coefficient (Wildman–Crippen LogP) is 18.6. The molecule has 66 heavy (non-hydrogen) atoms. The molecule has 0 saturated heterocycles. The summed E-state index contributed by atoms with van der Waals surface area (Å²) in [5, 5.41) is 0. The average molecular weight is 921 g/mol. The lowest BCUT2D eigenvalue weighted by Gasteiger charge is -2.18. The van der Waals surface area contributed by atoms with Gasteiger partial charge in [-0.15, -0.1) is 0 Å². The van der Waals surface area contributed by atoms with Gasteiger partial charge >= 0.3 is 17.9 Å². The van der Waals surface area contributed by atoms with Crippen molar-refractivity contribution in [2.75, 3.05) is 13.2 Å². The van der Waals surface area contributed by atoms with E-state index in [1.165, 1.54) is 122 Å². The number of rotatable bonds is 50. The molecule has 0 aromatic carbocycles. The van der Waals surface area contributed by atoms with Gasteiger partial charge in [0.05, 0.1) is 0 Å². The van der Waals surface area contributed by atoms with Crippen molar-refractivity contribution in [1.29, 1.82) is 0 Å². The zero-order valence-electron chi connectivity index (χ0n) is 43.4. The Bertz CT molecular complexity index is 1240. The summed E-state index contributed by atoms with van der Waals surface area (Å²) >= 11 is 0. The summed E-state index contributed by atoms with van der Waals surface area (Å²) in [7, 11) is 0. The highest BCUT2D eigenvalue weighted by molar-refractivity contribution is 5.71. The SMILES string of the molecule is CCCC/C=C\C/C=C\CCCCCCCC(=O)OC(COC(=O)CCCCCCC/C=C\CCCC)COC(=O)CCCCCCCCCC/C=C\C/C=C\C/C=C\CCCCCCC. The number of carbonyl (C=O) groups is 3. The number of unbranched alkanes of at least 4 members (excludes halogenated alkanes) is 27. The first kappa shape index (κ1) is 62.8. The summed E-state index contributed by atoms with van der Waals surface area (Å²) in [6.07, 6.45) is 68.9. The Morgan fingerprint density at radius 1 is 0.303 bits per heavy atom. The molecule has 0 aromatic rings. The van der Waals surface area contributed by atoms with E-state index in [2.05, 4.69) is 93.7 Å². The van der Waals surface area contributed by atoms with Crippen molar-refractivity contribution < 1.29 is 28.6 Å². The first-order valence-electron chi connectivity index (χ1n) is 27.9. The van der Waals surface area contributed by atoms with Crippen LogP contribution >= 0.6 is 0 Å². The number of ether oxygens (including phenoxy) is 3. The lowest BCUT2D eigenvalue weighted by Crippen LogP contribution is -2.30. The van der Waals surface area contributed by atoms with Crippen LogP contribution in [0.15, 0.2) is 72.9 Å². The number of carbonyl (C=O) groups excluding carboxylic acids is 3. The zero-order chi connectivity index (χ0) is 47.9. The lowest BCUT2D eigenvalue weighted by molar-refractivity contribution is -0.167. The fourth-order valence-electron chi connectivity index (χ4n) is 7.62. The topological polar surface area (TPSA) is 78.9 Å². The standard InChI is InChI=1S/C60H104O6/c1-4-7-10-13-16-19-22-24-26-27-28-29-30-31-32-33-34-36-38-41-44-47-50-53-59(62)65-56-57(55-64-58(61)52-49-46-43-40-37-21-18-15-12-9-6-3)66-60(63)54-51-48-45-42-39-35-25-23-20-17-14-11-8-5-2/h14-15,17-18,22-25,27-28,30-31,57H,4-13,16,19-21,26,29,32-56H2,1-3H3/b17-14-,18-15-,24-22-,25-23-,28-27-,31-30-. The Kier molecular flexibility index (Phi) is 51.9. The average Bonchev–Trinajstić information content (AvgIpc) is 3.31. The number of esters is 3. The Balaban J connectivity index is 4.32. The third-order valence-electron chi connectivity index (χ3n) is 11.9. The van der Waals surface area contributed by atoms with Crippen LogP contribution in [0.25, 0.3) is 0 Å². The van der Waals surface area contributed by atoms with Gasteiger partial charge in [0.15, 0.2) is 6.10 Å². The van der Waals surface area contributed by atoms with Crippen molar-refractivity contribution in [3.63, 3.8) is 0 Å². The third-order valence-corrected chi connectivity index (χ3v) is 11.9. The Morgan fingerprint density at radius 2 is 0.561 bits per heavy atom. The van der Waals surface area contributed by atoms with Crippen molar-refractivity contribution in [3.8, 4) is 0 Å². The van der Waals surface area contributed by atoms with Crippen LogP contribution in [0.3, 0.4) is 0 Å². The van der Waals surface area contributed by atoms with E-state index < -0.39 is 6.10 Å². The van der Waals surface area contributed by atoms with E-state index in [1.54, 1.807) is 0 Å². The second-order valence-electron chi connectivity index (χ2n) is 18.5. The Morgan fingerprint density at radius 3 is 0.909 bits per heavy atom. The van der Waals surface area contributed by atoms with E-state index in [-0.39, 0.29) is 31.1 Å². The molecule has 1 unspecified atom stereocenters. The highest BCUT2D eigenvalue weighted by Crippen LogP contribution is 2.14. The fraction of sp³-hybridized carbons (Fsp3) is 0.750. The molecule has 6 heteroatoms. The summed E-state index contributed by atoms with van der Waals surface area (Å²) in [6.45, 7) is 6.53. The van der Waals surface area contributed by atoms with Gasteiger partial charge < -0.3 is 14.2 Å². The highest BCUT2D eigenvalue weighted by Gasteiger charge is 2.19. The van der Waals surface area contributed by atoms with Crippen molar-refractivity contribution in [2.45, 2.75) is 277 Å². The normalized spacial score (nSPS) is 12.6. The maximum atomic E-state index is 12.8. The van der Waals surface area contributed by atoms with E-state index >= 15 is 0 Å². The molecular weight excluding hydrogens is 817 g/mol. The monoisotopic (exact) mass is 921 g/mol. The van der Waals surface area contributed by atoms with Crippen molar-refractivity contribution in [2.24, 2.45) is 0 Å². The van der Waals surface area contributed by atoms with Crippen LogP contribution in [0.1, 0.15) is 271 Å². The van der Waals surface area contributed by atoms with Gasteiger partial charge in [-0.25, -0.2) is 0 Å². The molecule has 0 aliphatic carbocycles. The van der Waals surface area contributed by atoms with Gasteiger partial charge in [-0.2, -0.15) is 0 Å². The molecule has 0 saturated carbocycles. The molecule has 0 aromatic heterocycles. The van der Waals surface area contributed by atoms with Crippen molar-refractivity contribution >= 4 is 17.9 Å². The quantitative estimate of drug-likeness (QED) is 0.0262. The van der Waals surface area contributed by atoms with Crippen LogP contribution in [0, 0.1) is 0 Å². The molecule has 0 aliphatic rings. The molecule has 1 atom stereocenters. The maximum Gasteiger partial charge on any atom is 0.306 e. The molecule has 0 heterocycles. The molecule has 0 aliphatic heterocycles. The van der Waals surface area contributed by atoms with Crippen LogP contribution in [0.5, 0.6) is 0 Å². The number of allylic oxidation sites excluding steroid dienone is 12. The minimum atomic E-state index is -0.789. The largest absolute Gasteiger partial charge is 0.462 e. The third kappa shape index (κ3) is 51.8. The lowest BCUT2D eigenvalue weighted by atomic mass is 10.1. The first-order chi connectivity index (χ1) is 32.5. The van der Waals surface area contributed by atoms with E-state index in [1.807, 2.05) is 0 Å². The van der Waals surface area contributed by atoms with Crippen LogP contribution in [0.4, 0.5) is 0 Å². The summed E-state index contributed by atoms with van der Waals surface area (Å²) in [6, 6.07) is 0. The van der Waals surface area contributed by atoms with Gasteiger partial charge in [0.2, 0.25) is 0 Å². The molecule has 0 rings (SSSR count). The van der Waals surface area contributed by atoms with Crippen LogP contribution < -0.4 is 0 Å². The van der Waals surface area contributed by atoms with Crippen LogP contribution in [-0.4, -0.2) is 37.2 Å². The summed E-state index contributed by atoms with van der Waals surface area (Å²) in [5.41, 5.74) is 0. The smallest absolute Gasteiger partial charge is 0.306 e. The maximum absolute atomic E-state index is 12.8. The van der Waals surface area contributed by atoms with Gasteiger partial charge in [0, 0.05) is 19.3 Å². The predicted molar refractivity (Wildman–Crippen MR) is 284 cm³/mol. The second kappa shape index (κ2) is 54.5. The second-order valence-corrected chi connectivity index (χ2v) is 18.5. The van der Waals surface area contributed by atoms with Gasteiger partial charge in [-0.1, -0.05) is 222 Å². The van der Waals surface area contributed by atoms with Gasteiger partial charge in [-0.05, 0) is 103 Å². The van der Waals surface area contributed by atoms with E-state index in [9.17, 15) is 14.4 Å². The first-order valence-corrected chi connectivity index (χ1v) is 27.9. The minimum Gasteiger partial charge on any atom is -0.462 e. The fourth-order valence-corrected chi connectivity index (χ4v) is 7.62. The number of hydrogen-bond acceptors (Lipinski definition) is 6. The molecule has 380 valence electrons. The molecular formula is C60H104O6. The highest BCUT2D eigenvalue weighted by atomic mass is 16.6. The molecule has 0 N–H and O–H groups in total. The van der Waals surface area contributed by atoms with E-state index in [0.29, 0.717) is 19.3 Å². The van der Waals surface area contributed by atoms with Crippen LogP contribution in [-0.2, 0) is 28.6 Å². The molecule has 0 bridgehead atoms. The number of hydrogen-bond donors (Lipinski definition) is 0.